The van der Waals surface area contributed by atoms with E-state index in [0.717, 1.165) is 20.9 Å². The molecule has 1 N–H and O–H groups in total. The minimum absolute atomic E-state index is 0.216. The highest BCUT2D eigenvalue weighted by molar-refractivity contribution is 9.10. The van der Waals surface area contributed by atoms with Crippen LogP contribution in [0.5, 0.6) is 0 Å². The van der Waals surface area contributed by atoms with Crippen LogP contribution in [0.2, 0.25) is 0 Å². The number of benzene rings is 1. The number of halogens is 1. The van der Waals surface area contributed by atoms with E-state index in [2.05, 4.69) is 30.9 Å². The van der Waals surface area contributed by atoms with E-state index >= 15 is 0 Å². The molecule has 0 radical (unpaired) electrons. The molecule has 0 saturated carbocycles. The summed E-state index contributed by atoms with van der Waals surface area (Å²) in [5.74, 6) is 0. The van der Waals surface area contributed by atoms with Gasteiger partial charge in [-0.3, -0.25) is 9.78 Å². The van der Waals surface area contributed by atoms with Gasteiger partial charge in [0.05, 0.1) is 5.52 Å². The van der Waals surface area contributed by atoms with Crippen LogP contribution in [0.1, 0.15) is 0 Å². The van der Waals surface area contributed by atoms with Gasteiger partial charge in [-0.25, -0.2) is 4.98 Å². The Morgan fingerprint density at radius 2 is 2.00 bits per heavy atom. The molecule has 0 aliphatic rings. The van der Waals surface area contributed by atoms with Gasteiger partial charge in [-0.05, 0) is 18.2 Å². The lowest BCUT2D eigenvalue weighted by Gasteiger charge is -2.05. The third-order valence-electron chi connectivity index (χ3n) is 2.68. The lowest BCUT2D eigenvalue weighted by Crippen LogP contribution is -2.10. The van der Waals surface area contributed by atoms with Gasteiger partial charge < -0.3 is 4.98 Å². The fraction of sp³-hybridized carbons (Fsp3) is 0. The Morgan fingerprint density at radius 1 is 1.11 bits per heavy atom. The van der Waals surface area contributed by atoms with Crippen LogP contribution in [0.25, 0.3) is 22.2 Å². The number of fused-ring (bicyclic) bond motifs is 1. The quantitative estimate of drug-likeness (QED) is 0.752. The van der Waals surface area contributed by atoms with Gasteiger partial charge in [0.2, 0.25) is 0 Å². The summed E-state index contributed by atoms with van der Waals surface area (Å²) in [5, 5.41) is 0.958. The first-order chi connectivity index (χ1) is 8.77. The largest absolute Gasteiger partial charge is 0.326 e. The van der Waals surface area contributed by atoms with Crippen molar-refractivity contribution in [2.75, 3.05) is 0 Å². The predicted molar refractivity (Wildman–Crippen MR) is 73.3 cm³/mol. The van der Waals surface area contributed by atoms with Crippen molar-refractivity contribution in [3.05, 3.63) is 57.7 Å². The zero-order chi connectivity index (χ0) is 12.5. The minimum atomic E-state index is -0.216. The van der Waals surface area contributed by atoms with E-state index < -0.39 is 0 Å². The SMILES string of the molecule is O=c1[nH]ccnc1-c1ccc(Br)c2cccnc12. The summed E-state index contributed by atoms with van der Waals surface area (Å²) in [4.78, 5) is 22.9. The number of aromatic amines is 1. The first-order valence-corrected chi connectivity index (χ1v) is 6.14. The van der Waals surface area contributed by atoms with Crippen LogP contribution >= 0.6 is 15.9 Å². The Kier molecular flexibility index (Phi) is 2.68. The summed E-state index contributed by atoms with van der Waals surface area (Å²) in [5.41, 5.74) is 1.66. The Balaban J connectivity index is 2.41. The molecule has 0 atom stereocenters. The molecule has 0 bridgehead atoms. The second-order valence-corrected chi connectivity index (χ2v) is 4.62. The van der Waals surface area contributed by atoms with Crippen LogP contribution in [0.3, 0.4) is 0 Å². The lowest BCUT2D eigenvalue weighted by molar-refractivity contribution is 1.14. The van der Waals surface area contributed by atoms with Crippen LogP contribution in [-0.4, -0.2) is 15.0 Å². The van der Waals surface area contributed by atoms with E-state index in [1.54, 1.807) is 12.4 Å². The molecule has 0 aliphatic carbocycles. The molecule has 0 fully saturated rings. The molecule has 3 aromatic rings. The molecular formula is C13H8BrN3O. The molecule has 1 aromatic carbocycles. The first-order valence-electron chi connectivity index (χ1n) is 5.34. The molecule has 3 rings (SSSR count). The summed E-state index contributed by atoms with van der Waals surface area (Å²) in [6.45, 7) is 0. The Morgan fingerprint density at radius 3 is 2.83 bits per heavy atom. The van der Waals surface area contributed by atoms with Crippen molar-refractivity contribution in [1.82, 2.24) is 15.0 Å². The highest BCUT2D eigenvalue weighted by Gasteiger charge is 2.11. The van der Waals surface area contributed by atoms with Crippen molar-refractivity contribution in [2.45, 2.75) is 0 Å². The Hall–Kier alpha value is -2.01. The molecule has 0 aliphatic heterocycles. The van der Waals surface area contributed by atoms with Crippen LogP contribution in [0, 0.1) is 0 Å². The average Bonchev–Trinajstić information content (AvgIpc) is 2.41. The van der Waals surface area contributed by atoms with Crippen molar-refractivity contribution in [3.63, 3.8) is 0 Å². The number of nitrogens with zero attached hydrogens (tertiary/aromatic N) is 2. The van der Waals surface area contributed by atoms with Crippen LogP contribution < -0.4 is 5.56 Å². The highest BCUT2D eigenvalue weighted by atomic mass is 79.9. The molecule has 2 aromatic heterocycles. The first kappa shape index (κ1) is 11.1. The van der Waals surface area contributed by atoms with Crippen molar-refractivity contribution < 1.29 is 0 Å². The molecule has 4 nitrogen and oxygen atoms in total. The van der Waals surface area contributed by atoms with Crippen LogP contribution in [0.15, 0.2) is 52.1 Å². The van der Waals surface area contributed by atoms with Gasteiger partial charge in [0.15, 0.2) is 0 Å². The molecule has 88 valence electrons. The van der Waals surface area contributed by atoms with Gasteiger partial charge in [0.25, 0.3) is 5.56 Å². The van der Waals surface area contributed by atoms with Gasteiger partial charge in [-0.2, -0.15) is 0 Å². The van der Waals surface area contributed by atoms with E-state index in [0.29, 0.717) is 5.69 Å². The summed E-state index contributed by atoms with van der Waals surface area (Å²) in [7, 11) is 0. The molecule has 0 unspecified atom stereocenters. The third kappa shape index (κ3) is 1.73. The van der Waals surface area contributed by atoms with Crippen molar-refractivity contribution in [1.29, 1.82) is 0 Å². The number of hydrogen-bond acceptors (Lipinski definition) is 3. The average molecular weight is 302 g/mol. The third-order valence-corrected chi connectivity index (χ3v) is 3.37. The fourth-order valence-electron chi connectivity index (χ4n) is 1.87. The maximum atomic E-state index is 11.8. The normalized spacial score (nSPS) is 10.7. The van der Waals surface area contributed by atoms with Crippen molar-refractivity contribution in [2.24, 2.45) is 0 Å². The van der Waals surface area contributed by atoms with E-state index in [-0.39, 0.29) is 5.56 Å². The molecule has 0 saturated heterocycles. The van der Waals surface area contributed by atoms with E-state index in [1.807, 2.05) is 24.3 Å². The standard InChI is InChI=1S/C13H8BrN3O/c14-10-4-3-9(11-8(10)2-1-5-15-11)12-13(18)17-7-6-16-12/h1-7H,(H,17,18). The van der Waals surface area contributed by atoms with Gasteiger partial charge in [-0.1, -0.05) is 22.0 Å². The minimum Gasteiger partial charge on any atom is -0.326 e. The maximum Gasteiger partial charge on any atom is 0.274 e. The molecule has 5 heteroatoms. The van der Waals surface area contributed by atoms with Crippen molar-refractivity contribution in [3.8, 4) is 11.3 Å². The fourth-order valence-corrected chi connectivity index (χ4v) is 2.32. The van der Waals surface area contributed by atoms with Gasteiger partial charge in [-0.15, -0.1) is 0 Å². The summed E-state index contributed by atoms with van der Waals surface area (Å²) >= 11 is 3.48. The number of pyridine rings is 1. The van der Waals surface area contributed by atoms with E-state index in [9.17, 15) is 4.79 Å². The lowest BCUT2D eigenvalue weighted by atomic mass is 10.1. The number of aromatic nitrogens is 3. The number of H-pyrrole nitrogens is 1. The highest BCUT2D eigenvalue weighted by Crippen LogP contribution is 2.29. The Bertz CT molecular complexity index is 782. The summed E-state index contributed by atoms with van der Waals surface area (Å²) in [6.07, 6.45) is 4.78. The number of hydrogen-bond donors (Lipinski definition) is 1. The van der Waals surface area contributed by atoms with Gasteiger partial charge in [0, 0.05) is 34.0 Å². The maximum absolute atomic E-state index is 11.8. The zero-order valence-corrected chi connectivity index (χ0v) is 10.8. The van der Waals surface area contributed by atoms with E-state index in [1.165, 1.54) is 6.20 Å². The number of rotatable bonds is 1. The second-order valence-electron chi connectivity index (χ2n) is 3.76. The topological polar surface area (TPSA) is 58.6 Å². The second kappa shape index (κ2) is 4.34. The molecule has 18 heavy (non-hydrogen) atoms. The summed E-state index contributed by atoms with van der Waals surface area (Å²) < 4.78 is 0.946. The van der Waals surface area contributed by atoms with Crippen molar-refractivity contribution >= 4 is 26.8 Å². The van der Waals surface area contributed by atoms with Crippen LogP contribution in [0.4, 0.5) is 0 Å². The molecule has 2 heterocycles. The smallest absolute Gasteiger partial charge is 0.274 e. The zero-order valence-electron chi connectivity index (χ0n) is 9.22. The van der Waals surface area contributed by atoms with Crippen LogP contribution in [-0.2, 0) is 0 Å². The monoisotopic (exact) mass is 301 g/mol. The molecule has 0 spiro atoms. The summed E-state index contributed by atoms with van der Waals surface area (Å²) in [6, 6.07) is 7.55. The number of nitrogens with one attached hydrogen (secondary N) is 1. The molecule has 0 amide bonds. The molecular weight excluding hydrogens is 294 g/mol. The van der Waals surface area contributed by atoms with Gasteiger partial charge in [0.1, 0.15) is 5.69 Å². The predicted octanol–water partition coefficient (Wildman–Crippen LogP) is 2.75. The van der Waals surface area contributed by atoms with E-state index in [4.69, 9.17) is 0 Å². The van der Waals surface area contributed by atoms with Gasteiger partial charge >= 0.3 is 0 Å². The Labute approximate surface area is 111 Å².